The Morgan fingerprint density at radius 1 is 1.33 bits per heavy atom. The van der Waals surface area contributed by atoms with Gasteiger partial charge in [0.25, 0.3) is 0 Å². The van der Waals surface area contributed by atoms with Gasteiger partial charge in [-0.25, -0.2) is 0 Å². The maximum atomic E-state index is 5.23. The quantitative estimate of drug-likeness (QED) is 0.900. The molecule has 0 aliphatic rings. The molecule has 2 aromatic rings. The Labute approximate surface area is 108 Å². The number of hydrogen-bond donors (Lipinski definition) is 1. The van der Waals surface area contributed by atoms with Crippen LogP contribution in [0.1, 0.15) is 16.8 Å². The Morgan fingerprint density at radius 3 is 2.72 bits per heavy atom. The zero-order chi connectivity index (χ0) is 13.1. The van der Waals surface area contributed by atoms with Crippen LogP contribution >= 0.6 is 0 Å². The van der Waals surface area contributed by atoms with E-state index in [0.29, 0.717) is 0 Å². The molecule has 0 aliphatic heterocycles. The molecule has 96 valence electrons. The number of benzene rings is 1. The smallest absolute Gasteiger partial charge is 0.120 e. The summed E-state index contributed by atoms with van der Waals surface area (Å²) < 4.78 is 7.07. The number of anilines is 1. The number of nitrogens with zero attached hydrogens (tertiary/aromatic N) is 2. The molecule has 0 atom stereocenters. The van der Waals surface area contributed by atoms with Gasteiger partial charge in [-0.2, -0.15) is 5.10 Å². The molecule has 18 heavy (non-hydrogen) atoms. The van der Waals surface area contributed by atoms with Crippen molar-refractivity contribution in [1.82, 2.24) is 9.78 Å². The Morgan fingerprint density at radius 2 is 2.11 bits per heavy atom. The van der Waals surface area contributed by atoms with E-state index in [2.05, 4.69) is 23.4 Å². The van der Waals surface area contributed by atoms with Crippen molar-refractivity contribution < 1.29 is 4.74 Å². The van der Waals surface area contributed by atoms with E-state index in [4.69, 9.17) is 4.74 Å². The van der Waals surface area contributed by atoms with E-state index in [1.165, 1.54) is 11.1 Å². The van der Waals surface area contributed by atoms with Gasteiger partial charge in [-0.05, 0) is 25.5 Å². The third-order valence-electron chi connectivity index (χ3n) is 3.03. The van der Waals surface area contributed by atoms with Gasteiger partial charge in [0.1, 0.15) is 5.75 Å². The summed E-state index contributed by atoms with van der Waals surface area (Å²) in [4.78, 5) is 0. The summed E-state index contributed by atoms with van der Waals surface area (Å²) >= 11 is 0. The summed E-state index contributed by atoms with van der Waals surface area (Å²) in [6, 6.07) is 6.04. The largest absolute Gasteiger partial charge is 0.497 e. The normalized spacial score (nSPS) is 10.4. The molecule has 2 rings (SSSR count). The highest BCUT2D eigenvalue weighted by Gasteiger charge is 2.04. The monoisotopic (exact) mass is 245 g/mol. The minimum Gasteiger partial charge on any atom is -0.497 e. The van der Waals surface area contributed by atoms with Gasteiger partial charge in [0.05, 0.1) is 12.8 Å². The van der Waals surface area contributed by atoms with Gasteiger partial charge >= 0.3 is 0 Å². The third-order valence-corrected chi connectivity index (χ3v) is 3.03. The molecule has 1 aromatic heterocycles. The van der Waals surface area contributed by atoms with Gasteiger partial charge in [0, 0.05) is 37.1 Å². The zero-order valence-corrected chi connectivity index (χ0v) is 11.3. The number of aryl methyl sites for hydroxylation is 3. The summed E-state index contributed by atoms with van der Waals surface area (Å²) in [6.45, 7) is 4.88. The molecule has 0 bridgehead atoms. The standard InChI is InChI=1S/C14H19N3O/c1-10-5-6-13(18-4)7-14(10)15-8-12-9-17(3)16-11(12)2/h5-7,9,15H,8H2,1-4H3. The summed E-state index contributed by atoms with van der Waals surface area (Å²) in [5.74, 6) is 0.867. The lowest BCUT2D eigenvalue weighted by atomic mass is 10.2. The molecule has 1 heterocycles. The van der Waals surface area contributed by atoms with Crippen LogP contribution in [0.4, 0.5) is 5.69 Å². The molecule has 1 N–H and O–H groups in total. The highest BCUT2D eigenvalue weighted by molar-refractivity contribution is 5.54. The van der Waals surface area contributed by atoms with Crippen LogP contribution in [0.25, 0.3) is 0 Å². The lowest BCUT2D eigenvalue weighted by molar-refractivity contribution is 0.415. The molecule has 0 amide bonds. The second kappa shape index (κ2) is 5.12. The maximum Gasteiger partial charge on any atom is 0.120 e. The van der Waals surface area contributed by atoms with Crippen molar-refractivity contribution in [2.24, 2.45) is 7.05 Å². The van der Waals surface area contributed by atoms with Crippen LogP contribution in [0.3, 0.4) is 0 Å². The lowest BCUT2D eigenvalue weighted by Crippen LogP contribution is -2.01. The van der Waals surface area contributed by atoms with Gasteiger partial charge in [0.15, 0.2) is 0 Å². The molecule has 0 aliphatic carbocycles. The van der Waals surface area contributed by atoms with Crippen LogP contribution in [-0.2, 0) is 13.6 Å². The molecular weight excluding hydrogens is 226 g/mol. The number of hydrogen-bond acceptors (Lipinski definition) is 3. The molecular formula is C14H19N3O. The summed E-state index contributed by atoms with van der Waals surface area (Å²) in [7, 11) is 3.62. The Balaban J connectivity index is 2.12. The van der Waals surface area contributed by atoms with Crippen molar-refractivity contribution in [2.75, 3.05) is 12.4 Å². The molecule has 0 fully saturated rings. The maximum absolute atomic E-state index is 5.23. The molecule has 4 nitrogen and oxygen atoms in total. The fourth-order valence-corrected chi connectivity index (χ4v) is 1.93. The molecule has 0 saturated carbocycles. The van der Waals surface area contributed by atoms with E-state index in [9.17, 15) is 0 Å². The molecule has 0 radical (unpaired) electrons. The van der Waals surface area contributed by atoms with E-state index in [1.54, 1.807) is 7.11 Å². The number of aromatic nitrogens is 2. The van der Waals surface area contributed by atoms with E-state index < -0.39 is 0 Å². The van der Waals surface area contributed by atoms with Crippen molar-refractivity contribution in [3.8, 4) is 5.75 Å². The highest BCUT2D eigenvalue weighted by Crippen LogP contribution is 2.22. The Bertz CT molecular complexity index is 546. The first-order valence-corrected chi connectivity index (χ1v) is 5.98. The molecule has 0 saturated heterocycles. The topological polar surface area (TPSA) is 39.1 Å². The number of methoxy groups -OCH3 is 1. The first-order chi connectivity index (χ1) is 8.60. The predicted octanol–water partition coefficient (Wildman–Crippen LogP) is 2.66. The average Bonchev–Trinajstić information content (AvgIpc) is 2.67. The zero-order valence-electron chi connectivity index (χ0n) is 11.3. The summed E-state index contributed by atoms with van der Waals surface area (Å²) in [5, 5.41) is 7.76. The van der Waals surface area contributed by atoms with Gasteiger partial charge < -0.3 is 10.1 Å². The van der Waals surface area contributed by atoms with Crippen molar-refractivity contribution >= 4 is 5.69 Å². The molecule has 1 aromatic carbocycles. The number of nitrogens with one attached hydrogen (secondary N) is 1. The molecule has 0 unspecified atom stereocenters. The predicted molar refractivity (Wildman–Crippen MR) is 73.0 cm³/mol. The van der Waals surface area contributed by atoms with Crippen LogP contribution < -0.4 is 10.1 Å². The van der Waals surface area contributed by atoms with Gasteiger partial charge in [0.2, 0.25) is 0 Å². The van der Waals surface area contributed by atoms with E-state index >= 15 is 0 Å². The lowest BCUT2D eigenvalue weighted by Gasteiger charge is -2.10. The Hall–Kier alpha value is -1.97. The van der Waals surface area contributed by atoms with Crippen LogP contribution in [0, 0.1) is 13.8 Å². The minimum absolute atomic E-state index is 0.772. The van der Waals surface area contributed by atoms with E-state index in [0.717, 1.165) is 23.7 Å². The SMILES string of the molecule is COc1ccc(C)c(NCc2cn(C)nc2C)c1. The van der Waals surface area contributed by atoms with Crippen molar-refractivity contribution in [3.63, 3.8) is 0 Å². The van der Waals surface area contributed by atoms with E-state index in [1.807, 2.05) is 37.0 Å². The molecule has 4 heteroatoms. The van der Waals surface area contributed by atoms with E-state index in [-0.39, 0.29) is 0 Å². The first kappa shape index (κ1) is 12.5. The highest BCUT2D eigenvalue weighted by atomic mass is 16.5. The fraction of sp³-hybridized carbons (Fsp3) is 0.357. The van der Waals surface area contributed by atoms with Crippen LogP contribution in [-0.4, -0.2) is 16.9 Å². The minimum atomic E-state index is 0.772. The second-order valence-electron chi connectivity index (χ2n) is 4.45. The fourth-order valence-electron chi connectivity index (χ4n) is 1.93. The molecule has 0 spiro atoms. The summed E-state index contributed by atoms with van der Waals surface area (Å²) in [5.41, 5.74) is 4.57. The van der Waals surface area contributed by atoms with Crippen molar-refractivity contribution in [1.29, 1.82) is 0 Å². The van der Waals surface area contributed by atoms with Crippen molar-refractivity contribution in [3.05, 3.63) is 41.2 Å². The Kier molecular flexibility index (Phi) is 3.55. The van der Waals surface area contributed by atoms with Gasteiger partial charge in [-0.15, -0.1) is 0 Å². The van der Waals surface area contributed by atoms with Gasteiger partial charge in [-0.3, -0.25) is 4.68 Å². The van der Waals surface area contributed by atoms with Crippen LogP contribution in [0.2, 0.25) is 0 Å². The number of ether oxygens (including phenoxy) is 1. The number of rotatable bonds is 4. The van der Waals surface area contributed by atoms with Gasteiger partial charge in [-0.1, -0.05) is 6.07 Å². The summed E-state index contributed by atoms with van der Waals surface area (Å²) in [6.07, 6.45) is 2.04. The first-order valence-electron chi connectivity index (χ1n) is 5.98. The second-order valence-corrected chi connectivity index (χ2v) is 4.45. The average molecular weight is 245 g/mol. The third kappa shape index (κ3) is 2.64. The van der Waals surface area contributed by atoms with Crippen LogP contribution in [0.5, 0.6) is 5.75 Å². The van der Waals surface area contributed by atoms with Crippen LogP contribution in [0.15, 0.2) is 24.4 Å². The van der Waals surface area contributed by atoms with Crippen molar-refractivity contribution in [2.45, 2.75) is 20.4 Å².